The van der Waals surface area contributed by atoms with Gasteiger partial charge in [-0.05, 0) is 87.7 Å². The molecule has 52 heavy (non-hydrogen) atoms. The first-order valence-electron chi connectivity index (χ1n) is 18.7. The number of rotatable bonds is 13. The summed E-state index contributed by atoms with van der Waals surface area (Å²) in [5.74, 6) is 1.62. The fourth-order valence-electron chi connectivity index (χ4n) is 7.64. The van der Waals surface area contributed by atoms with Crippen LogP contribution in [0.5, 0.6) is 0 Å². The lowest BCUT2D eigenvalue weighted by atomic mass is 10.0. The number of nitrogens with zero attached hydrogens (tertiary/aromatic N) is 5. The van der Waals surface area contributed by atoms with E-state index in [2.05, 4.69) is 92.3 Å². The number of methoxy groups -OCH3 is 1. The molecule has 0 radical (unpaired) electrons. The number of aromatic nitrogens is 4. The Morgan fingerprint density at radius 1 is 0.769 bits per heavy atom. The predicted molar refractivity (Wildman–Crippen MR) is 201 cm³/mol. The summed E-state index contributed by atoms with van der Waals surface area (Å²) in [6.45, 7) is 11.3. The smallest absolute Gasteiger partial charge is 0.407 e. The van der Waals surface area contributed by atoms with Crippen LogP contribution in [0.15, 0.2) is 60.9 Å². The largest absolute Gasteiger partial charge is 0.453 e. The molecule has 0 saturated carbocycles. The fraction of sp³-hybridized carbons (Fsp3) is 0.475. The van der Waals surface area contributed by atoms with Crippen molar-refractivity contribution in [3.8, 4) is 33.6 Å². The number of likely N-dealkylation sites (tertiary alicyclic amines) is 2. The first kappa shape index (κ1) is 36.8. The second-order valence-corrected chi connectivity index (χ2v) is 14.0. The maximum atomic E-state index is 13.6. The first-order chi connectivity index (χ1) is 25.2. The van der Waals surface area contributed by atoms with E-state index in [1.54, 1.807) is 11.8 Å². The molecule has 0 spiro atoms. The number of hydrogen-bond donors (Lipinski definition) is 3. The Balaban J connectivity index is 1.09. The highest BCUT2D eigenvalue weighted by Gasteiger charge is 2.36. The molecule has 2 aromatic carbocycles. The number of ether oxygens (including phenoxy) is 1. The van der Waals surface area contributed by atoms with E-state index in [4.69, 9.17) is 4.98 Å². The van der Waals surface area contributed by atoms with Gasteiger partial charge in [0.05, 0.1) is 49.0 Å². The first-order valence-corrected chi connectivity index (χ1v) is 18.7. The van der Waals surface area contributed by atoms with E-state index in [9.17, 15) is 14.4 Å². The lowest BCUT2D eigenvalue weighted by molar-refractivity contribution is -0.137. The summed E-state index contributed by atoms with van der Waals surface area (Å²) in [7, 11) is 1.28. The molecule has 2 saturated heterocycles. The Kier molecular flexibility index (Phi) is 11.7. The molecule has 3 N–H and O–H groups in total. The number of amides is 3. The lowest BCUT2D eigenvalue weighted by Crippen LogP contribution is -2.47. The normalized spacial score (nSPS) is 18.5. The number of carbonyl (C=O) groups is 3. The minimum atomic E-state index is -0.692. The van der Waals surface area contributed by atoms with Gasteiger partial charge in [0.25, 0.3) is 0 Å². The van der Waals surface area contributed by atoms with Crippen molar-refractivity contribution in [3.63, 3.8) is 0 Å². The molecule has 4 aromatic rings. The van der Waals surface area contributed by atoms with Gasteiger partial charge < -0.3 is 29.8 Å². The van der Waals surface area contributed by atoms with Crippen LogP contribution in [0.25, 0.3) is 33.6 Å². The van der Waals surface area contributed by atoms with Crippen LogP contribution in [0, 0.1) is 0 Å². The van der Waals surface area contributed by atoms with Crippen molar-refractivity contribution >= 4 is 17.9 Å². The minimum Gasteiger partial charge on any atom is -0.453 e. The topological polar surface area (TPSA) is 140 Å². The average Bonchev–Trinajstić information content (AvgIpc) is 4.00. The van der Waals surface area contributed by atoms with E-state index in [1.165, 1.54) is 7.11 Å². The highest BCUT2D eigenvalue weighted by atomic mass is 16.5. The molecule has 6 rings (SSSR count). The highest BCUT2D eigenvalue weighted by Crippen LogP contribution is 2.34. The number of H-pyrrole nitrogens is 2. The molecule has 12 nitrogen and oxygen atoms in total. The summed E-state index contributed by atoms with van der Waals surface area (Å²) in [6, 6.07) is 15.7. The van der Waals surface area contributed by atoms with E-state index >= 15 is 0 Å². The third-order valence-electron chi connectivity index (χ3n) is 10.4. The van der Waals surface area contributed by atoms with Gasteiger partial charge in [0, 0.05) is 13.1 Å². The summed E-state index contributed by atoms with van der Waals surface area (Å²) in [5, 5.41) is 2.57. The van der Waals surface area contributed by atoms with Crippen LogP contribution < -0.4 is 5.32 Å². The number of aromatic amines is 2. The van der Waals surface area contributed by atoms with Crippen LogP contribution in [0.2, 0.25) is 0 Å². The highest BCUT2D eigenvalue weighted by molar-refractivity contribution is 5.86. The Morgan fingerprint density at radius 3 is 1.65 bits per heavy atom. The third-order valence-corrected chi connectivity index (χ3v) is 10.4. The molecule has 4 heterocycles. The monoisotopic (exact) mass is 708 g/mol. The number of nitrogens with one attached hydrogen (secondary N) is 3. The quantitative estimate of drug-likeness (QED) is 0.140. The van der Waals surface area contributed by atoms with Crippen molar-refractivity contribution in [2.24, 2.45) is 0 Å². The summed E-state index contributed by atoms with van der Waals surface area (Å²) < 4.78 is 4.65. The lowest BCUT2D eigenvalue weighted by Gasteiger charge is -2.33. The van der Waals surface area contributed by atoms with Crippen molar-refractivity contribution in [2.45, 2.75) is 90.4 Å². The van der Waals surface area contributed by atoms with Crippen molar-refractivity contribution in [3.05, 3.63) is 72.6 Å². The van der Waals surface area contributed by atoms with E-state index in [0.29, 0.717) is 6.54 Å². The van der Waals surface area contributed by atoms with Gasteiger partial charge in [-0.1, -0.05) is 62.4 Å². The van der Waals surface area contributed by atoms with Crippen LogP contribution in [-0.2, 0) is 14.3 Å². The van der Waals surface area contributed by atoms with Crippen LogP contribution >= 0.6 is 0 Å². The van der Waals surface area contributed by atoms with Gasteiger partial charge in [0.15, 0.2) is 0 Å². The molecular weight excluding hydrogens is 656 g/mol. The van der Waals surface area contributed by atoms with Crippen LogP contribution in [0.1, 0.15) is 90.0 Å². The van der Waals surface area contributed by atoms with E-state index in [0.717, 1.165) is 103 Å². The predicted octanol–water partition coefficient (Wildman–Crippen LogP) is 6.72. The zero-order chi connectivity index (χ0) is 36.8. The van der Waals surface area contributed by atoms with Crippen LogP contribution in [0.4, 0.5) is 4.79 Å². The number of carbonyl (C=O) groups excluding carboxylic acids is 3. The average molecular weight is 709 g/mol. The maximum absolute atomic E-state index is 13.6. The number of imidazole rings is 2. The number of benzene rings is 2. The molecule has 0 bridgehead atoms. The van der Waals surface area contributed by atoms with Gasteiger partial charge in [0.2, 0.25) is 11.8 Å². The zero-order valence-electron chi connectivity index (χ0n) is 31.0. The molecule has 2 fully saturated rings. The second kappa shape index (κ2) is 16.6. The molecule has 2 aliphatic rings. The van der Waals surface area contributed by atoms with Crippen molar-refractivity contribution in [1.29, 1.82) is 0 Å². The molecule has 0 unspecified atom stereocenters. The van der Waals surface area contributed by atoms with Gasteiger partial charge in [0.1, 0.15) is 17.7 Å². The molecule has 0 aliphatic carbocycles. The van der Waals surface area contributed by atoms with Crippen LogP contribution in [0.3, 0.4) is 0 Å². The van der Waals surface area contributed by atoms with Gasteiger partial charge in [-0.2, -0.15) is 0 Å². The molecule has 3 amide bonds. The molecular formula is C40H52N8O4. The van der Waals surface area contributed by atoms with E-state index in [-0.39, 0.29) is 29.9 Å². The van der Waals surface area contributed by atoms with Crippen LogP contribution in [-0.4, -0.2) is 97.9 Å². The summed E-state index contributed by atoms with van der Waals surface area (Å²) in [6.07, 6.45) is 8.68. The number of alkyl carbamates (subject to hydrolysis) is 1. The standard InChI is InChI=1S/C40H52N8O4/c1-6-20-46(21-7-2)27(4)39(50)48-23-9-11-35(48)37-42-25-33(45-37)31-18-14-29(15-19-31)28-12-16-30(17-13-28)32-24-41-36(44-32)34-10-8-22-47(34)38(49)26(3)43-40(51)52-5/h12-19,24-27,34-35H,6-11,20-23H2,1-5H3,(H,41,44)(H,42,45)(H,43,51)/t26-,27+,34-,35-/m0/s1. The zero-order valence-corrected chi connectivity index (χ0v) is 31.0. The molecule has 276 valence electrons. The van der Waals surface area contributed by atoms with Crippen molar-refractivity contribution < 1.29 is 19.1 Å². The van der Waals surface area contributed by atoms with Crippen molar-refractivity contribution in [1.82, 2.24) is 40.0 Å². The maximum Gasteiger partial charge on any atom is 0.407 e. The second-order valence-electron chi connectivity index (χ2n) is 14.0. The Hall–Kier alpha value is -4.97. The SMILES string of the molecule is CCCN(CCC)[C@H](C)C(=O)N1CCC[C@H]1c1ncc(-c2ccc(-c3ccc(-c4cnc([C@@H]5CCCN5C(=O)[C@H](C)NC(=O)OC)[nH]4)cc3)cc2)[nH]1. The van der Waals surface area contributed by atoms with E-state index in [1.807, 2.05) is 24.2 Å². The summed E-state index contributed by atoms with van der Waals surface area (Å²) >= 11 is 0. The molecule has 2 aromatic heterocycles. The summed E-state index contributed by atoms with van der Waals surface area (Å²) in [4.78, 5) is 60.8. The third kappa shape index (κ3) is 7.91. The minimum absolute atomic E-state index is 0.0313. The fourth-order valence-corrected chi connectivity index (χ4v) is 7.64. The van der Waals surface area contributed by atoms with Gasteiger partial charge in [-0.15, -0.1) is 0 Å². The summed E-state index contributed by atoms with van der Waals surface area (Å²) in [5.41, 5.74) is 6.05. The van der Waals surface area contributed by atoms with Gasteiger partial charge >= 0.3 is 6.09 Å². The Bertz CT molecular complexity index is 1810. The number of hydrogen-bond acceptors (Lipinski definition) is 7. The Labute approximate surface area is 306 Å². The van der Waals surface area contributed by atoms with Gasteiger partial charge in [-0.3, -0.25) is 14.5 Å². The van der Waals surface area contributed by atoms with Crippen molar-refractivity contribution in [2.75, 3.05) is 33.3 Å². The Morgan fingerprint density at radius 2 is 1.21 bits per heavy atom. The van der Waals surface area contributed by atoms with Gasteiger partial charge in [-0.25, -0.2) is 14.8 Å². The molecule has 2 aliphatic heterocycles. The molecule has 12 heteroatoms. The van der Waals surface area contributed by atoms with E-state index < -0.39 is 12.1 Å². The molecule has 4 atom stereocenters.